The van der Waals surface area contributed by atoms with Gasteiger partial charge in [-0.15, -0.1) is 11.3 Å². The van der Waals surface area contributed by atoms with Crippen molar-refractivity contribution in [2.75, 3.05) is 17.2 Å². The minimum atomic E-state index is 0.0682. The molecule has 0 bridgehead atoms. The Morgan fingerprint density at radius 1 is 1.61 bits per heavy atom. The molecule has 1 aromatic heterocycles. The molecule has 0 fully saturated rings. The largest absolute Gasteiger partial charge is 0.375 e. The Kier molecular flexibility index (Phi) is 2.76. The molecule has 0 aliphatic carbocycles. The van der Waals surface area contributed by atoms with E-state index in [0.717, 1.165) is 24.3 Å². The lowest BCUT2D eigenvalue weighted by Crippen LogP contribution is -2.30. The third kappa shape index (κ3) is 1.97. The number of carbonyl (C=O) groups is 1. The standard InChI is InChI=1S/C13H12N3OS/c14-13-15-10(8-18-13)7-12(17)16-6-5-9-3-1-2-4-11(9)16/h1,3-4,8H,5-7H2,(H2,14,15). The highest BCUT2D eigenvalue weighted by atomic mass is 32.1. The maximum Gasteiger partial charge on any atom is 0.233 e. The number of hydrogen-bond donors (Lipinski definition) is 1. The zero-order valence-electron chi connectivity index (χ0n) is 9.72. The number of benzene rings is 1. The van der Waals surface area contributed by atoms with E-state index in [4.69, 9.17) is 5.73 Å². The van der Waals surface area contributed by atoms with Crippen LogP contribution in [0.1, 0.15) is 11.3 Å². The molecule has 18 heavy (non-hydrogen) atoms. The number of fused-ring (bicyclic) bond motifs is 1. The Bertz CT molecular complexity index is 593. The van der Waals surface area contributed by atoms with E-state index in [1.54, 1.807) is 4.90 Å². The Morgan fingerprint density at radius 3 is 3.28 bits per heavy atom. The lowest BCUT2D eigenvalue weighted by atomic mass is 10.2. The van der Waals surface area contributed by atoms with Crippen LogP contribution in [0.5, 0.6) is 0 Å². The van der Waals surface area contributed by atoms with E-state index in [1.165, 1.54) is 16.9 Å². The molecule has 0 saturated carbocycles. The van der Waals surface area contributed by atoms with Crippen LogP contribution in [0.15, 0.2) is 23.6 Å². The second-order valence-corrected chi connectivity index (χ2v) is 5.09. The Labute approximate surface area is 109 Å². The fourth-order valence-corrected chi connectivity index (χ4v) is 2.75. The number of anilines is 2. The van der Waals surface area contributed by atoms with Gasteiger partial charge in [-0.2, -0.15) is 0 Å². The zero-order valence-corrected chi connectivity index (χ0v) is 10.5. The minimum Gasteiger partial charge on any atom is -0.375 e. The number of carbonyl (C=O) groups excluding carboxylic acids is 1. The van der Waals surface area contributed by atoms with E-state index >= 15 is 0 Å². The second-order valence-electron chi connectivity index (χ2n) is 4.20. The number of nitrogens with zero attached hydrogens (tertiary/aromatic N) is 2. The molecule has 0 unspecified atom stereocenters. The maximum atomic E-state index is 12.2. The predicted molar refractivity (Wildman–Crippen MR) is 71.6 cm³/mol. The van der Waals surface area contributed by atoms with Crippen molar-refractivity contribution in [3.63, 3.8) is 0 Å². The van der Waals surface area contributed by atoms with Gasteiger partial charge in [0.25, 0.3) is 0 Å². The van der Waals surface area contributed by atoms with Gasteiger partial charge in [-0.1, -0.05) is 12.1 Å². The summed E-state index contributed by atoms with van der Waals surface area (Å²) in [5.41, 5.74) is 8.49. The summed E-state index contributed by atoms with van der Waals surface area (Å²) in [5, 5.41) is 2.34. The topological polar surface area (TPSA) is 59.2 Å². The monoisotopic (exact) mass is 258 g/mol. The van der Waals surface area contributed by atoms with Gasteiger partial charge in [0.1, 0.15) is 0 Å². The van der Waals surface area contributed by atoms with E-state index in [9.17, 15) is 4.79 Å². The van der Waals surface area contributed by atoms with Crippen molar-refractivity contribution in [2.45, 2.75) is 12.8 Å². The van der Waals surface area contributed by atoms with Crippen molar-refractivity contribution < 1.29 is 4.79 Å². The van der Waals surface area contributed by atoms with Gasteiger partial charge >= 0.3 is 0 Å². The SMILES string of the molecule is Nc1nc(CC(=O)N2CCc3cc[c]cc32)cs1. The number of thiazole rings is 1. The van der Waals surface area contributed by atoms with Gasteiger partial charge in [0, 0.05) is 17.6 Å². The summed E-state index contributed by atoms with van der Waals surface area (Å²) in [6.45, 7) is 0.742. The summed E-state index contributed by atoms with van der Waals surface area (Å²) in [6, 6.07) is 8.79. The first-order chi connectivity index (χ1) is 8.74. The van der Waals surface area contributed by atoms with Gasteiger partial charge in [0.2, 0.25) is 5.91 Å². The van der Waals surface area contributed by atoms with Crippen LogP contribution in [0.2, 0.25) is 0 Å². The Balaban J connectivity index is 1.78. The van der Waals surface area contributed by atoms with Crippen molar-refractivity contribution in [1.82, 2.24) is 4.98 Å². The summed E-state index contributed by atoms with van der Waals surface area (Å²) >= 11 is 1.36. The van der Waals surface area contributed by atoms with E-state index in [-0.39, 0.29) is 5.91 Å². The lowest BCUT2D eigenvalue weighted by Gasteiger charge is -2.16. The molecule has 1 aliphatic heterocycles. The average Bonchev–Trinajstić information content (AvgIpc) is 2.95. The molecule has 1 aromatic carbocycles. The highest BCUT2D eigenvalue weighted by molar-refractivity contribution is 7.13. The van der Waals surface area contributed by atoms with Crippen LogP contribution in [-0.4, -0.2) is 17.4 Å². The Morgan fingerprint density at radius 2 is 2.50 bits per heavy atom. The molecule has 3 rings (SSSR count). The van der Waals surface area contributed by atoms with Crippen LogP contribution in [0, 0.1) is 6.07 Å². The molecule has 0 atom stereocenters. The second kappa shape index (κ2) is 4.42. The van der Waals surface area contributed by atoms with Crippen LogP contribution in [-0.2, 0) is 17.6 Å². The molecule has 1 radical (unpaired) electrons. The van der Waals surface area contributed by atoms with E-state index < -0.39 is 0 Å². The maximum absolute atomic E-state index is 12.2. The van der Waals surface area contributed by atoms with Crippen molar-refractivity contribution in [3.05, 3.63) is 40.9 Å². The highest BCUT2D eigenvalue weighted by Gasteiger charge is 2.24. The molecule has 0 saturated heterocycles. The third-order valence-electron chi connectivity index (χ3n) is 3.03. The number of nitrogen functional groups attached to an aromatic ring is 1. The molecular formula is C13H12N3OS. The molecule has 2 N–H and O–H groups in total. The average molecular weight is 258 g/mol. The van der Waals surface area contributed by atoms with Gasteiger partial charge in [-0.05, 0) is 24.1 Å². The summed E-state index contributed by atoms with van der Waals surface area (Å²) in [4.78, 5) is 18.1. The molecule has 1 aliphatic rings. The van der Waals surface area contributed by atoms with Crippen molar-refractivity contribution >= 4 is 28.1 Å². The van der Waals surface area contributed by atoms with Crippen LogP contribution in [0.3, 0.4) is 0 Å². The van der Waals surface area contributed by atoms with Crippen LogP contribution < -0.4 is 10.6 Å². The highest BCUT2D eigenvalue weighted by Crippen LogP contribution is 2.27. The zero-order chi connectivity index (χ0) is 12.5. The molecule has 5 heteroatoms. The van der Waals surface area contributed by atoms with Gasteiger partial charge in [0.05, 0.1) is 12.1 Å². The molecule has 2 aromatic rings. The molecule has 91 valence electrons. The first-order valence-corrected chi connectivity index (χ1v) is 6.61. The van der Waals surface area contributed by atoms with E-state index in [1.807, 2.05) is 23.6 Å². The number of rotatable bonds is 2. The van der Waals surface area contributed by atoms with Crippen LogP contribution in [0.25, 0.3) is 0 Å². The van der Waals surface area contributed by atoms with Crippen LogP contribution in [0.4, 0.5) is 10.8 Å². The molecule has 2 heterocycles. The van der Waals surface area contributed by atoms with E-state index in [2.05, 4.69) is 11.1 Å². The fourth-order valence-electron chi connectivity index (χ4n) is 2.18. The van der Waals surface area contributed by atoms with Gasteiger partial charge < -0.3 is 10.6 Å². The lowest BCUT2D eigenvalue weighted by molar-refractivity contribution is -0.117. The van der Waals surface area contributed by atoms with Crippen molar-refractivity contribution in [2.24, 2.45) is 0 Å². The van der Waals surface area contributed by atoms with Crippen molar-refractivity contribution in [1.29, 1.82) is 0 Å². The summed E-state index contributed by atoms with van der Waals surface area (Å²) in [7, 11) is 0. The molecule has 1 amide bonds. The molecule has 0 spiro atoms. The summed E-state index contributed by atoms with van der Waals surface area (Å²) in [6.07, 6.45) is 1.22. The summed E-state index contributed by atoms with van der Waals surface area (Å²) < 4.78 is 0. The minimum absolute atomic E-state index is 0.0682. The third-order valence-corrected chi connectivity index (χ3v) is 3.75. The molecular weight excluding hydrogens is 246 g/mol. The normalized spacial score (nSPS) is 13.7. The van der Waals surface area contributed by atoms with Crippen LogP contribution >= 0.6 is 11.3 Å². The Hall–Kier alpha value is -1.88. The fraction of sp³-hybridized carbons (Fsp3) is 0.231. The van der Waals surface area contributed by atoms with Gasteiger partial charge in [-0.25, -0.2) is 4.98 Å². The summed E-state index contributed by atoms with van der Waals surface area (Å²) in [5.74, 6) is 0.0682. The number of hydrogen-bond acceptors (Lipinski definition) is 4. The molecule has 4 nitrogen and oxygen atoms in total. The first kappa shape index (κ1) is 11.2. The number of nitrogens with two attached hydrogens (primary N) is 1. The number of amides is 1. The first-order valence-electron chi connectivity index (χ1n) is 5.73. The van der Waals surface area contributed by atoms with Crippen molar-refractivity contribution in [3.8, 4) is 0 Å². The van der Waals surface area contributed by atoms with Gasteiger partial charge in [-0.3, -0.25) is 4.79 Å². The van der Waals surface area contributed by atoms with Gasteiger partial charge in [0.15, 0.2) is 5.13 Å². The van der Waals surface area contributed by atoms with E-state index in [0.29, 0.717) is 11.6 Å². The predicted octanol–water partition coefficient (Wildman–Crippen LogP) is 1.66. The quantitative estimate of drug-likeness (QED) is 0.891. The number of aromatic nitrogens is 1. The smallest absolute Gasteiger partial charge is 0.233 e.